The fourth-order valence-corrected chi connectivity index (χ4v) is 1.54. The minimum atomic E-state index is -0.442. The average molecular weight is 192 g/mol. The zero-order valence-electron chi connectivity index (χ0n) is 8.64. The van der Waals surface area contributed by atoms with Gasteiger partial charge in [-0.15, -0.1) is 0 Å². The monoisotopic (exact) mass is 192 g/mol. The molecular weight excluding hydrogens is 176 g/mol. The second kappa shape index (κ2) is 6.26. The van der Waals surface area contributed by atoms with Gasteiger partial charge in [0.1, 0.15) is 0 Å². The first-order valence-corrected chi connectivity index (χ1v) is 5.07. The highest BCUT2D eigenvalue weighted by atomic mass is 16.5. The maximum Gasteiger partial charge on any atom is 0.384 e. The molecule has 14 heavy (non-hydrogen) atoms. The molecule has 1 aliphatic rings. The molecule has 1 aliphatic carbocycles. The molecule has 0 bridgehead atoms. The smallest absolute Gasteiger partial charge is 0.384 e. The molecule has 0 N–H and O–H groups in total. The van der Waals surface area contributed by atoms with Gasteiger partial charge in [0.25, 0.3) is 0 Å². The second-order valence-corrected chi connectivity index (χ2v) is 3.40. The molecule has 0 aromatic heterocycles. The summed E-state index contributed by atoms with van der Waals surface area (Å²) >= 11 is 0. The number of methoxy groups -OCH3 is 1. The van der Waals surface area contributed by atoms with E-state index in [-0.39, 0.29) is 0 Å². The standard InChI is InChI=1S/C12H16O2/c1-14-12(13)10-6-5-9-11-7-3-2-4-8-11/h7H,2-5,8-9H2,1H3. The van der Waals surface area contributed by atoms with Crippen molar-refractivity contribution in [3.05, 3.63) is 11.6 Å². The van der Waals surface area contributed by atoms with Crippen LogP contribution >= 0.6 is 0 Å². The number of rotatable bonds is 2. The summed E-state index contributed by atoms with van der Waals surface area (Å²) in [6.07, 6.45) is 9.11. The summed E-state index contributed by atoms with van der Waals surface area (Å²) in [5.74, 6) is 4.81. The van der Waals surface area contributed by atoms with Gasteiger partial charge in [-0.2, -0.15) is 0 Å². The highest BCUT2D eigenvalue weighted by Gasteiger charge is 2.01. The van der Waals surface area contributed by atoms with Crippen LogP contribution in [0.1, 0.15) is 38.5 Å². The van der Waals surface area contributed by atoms with Gasteiger partial charge in [-0.1, -0.05) is 17.6 Å². The zero-order chi connectivity index (χ0) is 10.2. The van der Waals surface area contributed by atoms with E-state index in [0.717, 1.165) is 12.8 Å². The number of esters is 1. The molecule has 1 rings (SSSR count). The molecule has 0 saturated heterocycles. The lowest BCUT2D eigenvalue weighted by Crippen LogP contribution is -1.95. The average Bonchev–Trinajstić information content (AvgIpc) is 2.25. The van der Waals surface area contributed by atoms with Crippen molar-refractivity contribution in [3.63, 3.8) is 0 Å². The van der Waals surface area contributed by atoms with Crippen LogP contribution < -0.4 is 0 Å². The first-order valence-electron chi connectivity index (χ1n) is 5.07. The van der Waals surface area contributed by atoms with E-state index in [0.29, 0.717) is 0 Å². The van der Waals surface area contributed by atoms with E-state index >= 15 is 0 Å². The molecular formula is C12H16O2. The molecule has 0 aromatic rings. The highest BCUT2D eigenvalue weighted by Crippen LogP contribution is 2.20. The van der Waals surface area contributed by atoms with Crippen LogP contribution in [0, 0.1) is 11.8 Å². The maximum absolute atomic E-state index is 10.7. The van der Waals surface area contributed by atoms with E-state index in [1.165, 1.54) is 38.4 Å². The lowest BCUT2D eigenvalue weighted by Gasteiger charge is -2.10. The zero-order valence-corrected chi connectivity index (χ0v) is 8.64. The summed E-state index contributed by atoms with van der Waals surface area (Å²) in [5, 5.41) is 0. The summed E-state index contributed by atoms with van der Waals surface area (Å²) in [4.78, 5) is 10.7. The Hall–Kier alpha value is -1.23. The van der Waals surface area contributed by atoms with Gasteiger partial charge in [0, 0.05) is 12.3 Å². The summed E-state index contributed by atoms with van der Waals surface area (Å²) in [5.41, 5.74) is 1.50. The Morgan fingerprint density at radius 3 is 3.07 bits per heavy atom. The predicted octanol–water partition coefficient (Wildman–Crippen LogP) is 2.44. The SMILES string of the molecule is COC(=O)C#CCCC1=CCCCC1. The first-order chi connectivity index (χ1) is 6.83. The maximum atomic E-state index is 10.7. The van der Waals surface area contributed by atoms with Gasteiger partial charge in [0.2, 0.25) is 0 Å². The van der Waals surface area contributed by atoms with Crippen LogP contribution in [0.15, 0.2) is 11.6 Å². The van der Waals surface area contributed by atoms with Crippen LogP contribution in [-0.4, -0.2) is 13.1 Å². The van der Waals surface area contributed by atoms with Crippen molar-refractivity contribution in [3.8, 4) is 11.8 Å². The molecule has 0 spiro atoms. The number of carbonyl (C=O) groups excluding carboxylic acids is 1. The Labute approximate surface area is 85.3 Å². The van der Waals surface area contributed by atoms with Crippen molar-refractivity contribution in [1.82, 2.24) is 0 Å². The van der Waals surface area contributed by atoms with Crippen LogP contribution in [-0.2, 0) is 9.53 Å². The van der Waals surface area contributed by atoms with Gasteiger partial charge in [-0.25, -0.2) is 4.79 Å². The van der Waals surface area contributed by atoms with Crippen molar-refractivity contribution >= 4 is 5.97 Å². The van der Waals surface area contributed by atoms with Crippen LogP contribution in [0.2, 0.25) is 0 Å². The van der Waals surface area contributed by atoms with Crippen molar-refractivity contribution in [2.24, 2.45) is 0 Å². The van der Waals surface area contributed by atoms with E-state index < -0.39 is 5.97 Å². The third-order valence-electron chi connectivity index (χ3n) is 2.33. The molecule has 2 heteroatoms. The Kier molecular flexibility index (Phi) is 4.85. The Balaban J connectivity index is 2.22. The molecule has 0 radical (unpaired) electrons. The summed E-state index contributed by atoms with van der Waals surface area (Å²) < 4.78 is 4.42. The lowest BCUT2D eigenvalue weighted by molar-refractivity contribution is -0.133. The molecule has 0 unspecified atom stereocenters. The van der Waals surface area contributed by atoms with E-state index in [1.807, 2.05) is 0 Å². The molecule has 0 saturated carbocycles. The third-order valence-corrected chi connectivity index (χ3v) is 2.33. The topological polar surface area (TPSA) is 26.3 Å². The summed E-state index contributed by atoms with van der Waals surface area (Å²) in [7, 11) is 1.35. The number of hydrogen-bond donors (Lipinski definition) is 0. The summed E-state index contributed by atoms with van der Waals surface area (Å²) in [6, 6.07) is 0. The molecule has 76 valence electrons. The van der Waals surface area contributed by atoms with Crippen molar-refractivity contribution in [1.29, 1.82) is 0 Å². The van der Waals surface area contributed by atoms with E-state index in [4.69, 9.17) is 0 Å². The normalized spacial score (nSPS) is 15.1. The van der Waals surface area contributed by atoms with E-state index in [1.54, 1.807) is 0 Å². The number of ether oxygens (including phenoxy) is 1. The largest absolute Gasteiger partial charge is 0.459 e. The van der Waals surface area contributed by atoms with Crippen molar-refractivity contribution < 1.29 is 9.53 Å². The minimum absolute atomic E-state index is 0.442. The van der Waals surface area contributed by atoms with E-state index in [9.17, 15) is 4.79 Å². The number of carbonyl (C=O) groups is 1. The Bertz CT molecular complexity index is 278. The Morgan fingerprint density at radius 2 is 2.43 bits per heavy atom. The summed E-state index contributed by atoms with van der Waals surface area (Å²) in [6.45, 7) is 0. The van der Waals surface area contributed by atoms with Gasteiger partial charge >= 0.3 is 5.97 Å². The van der Waals surface area contributed by atoms with Gasteiger partial charge in [-0.05, 0) is 32.1 Å². The van der Waals surface area contributed by atoms with Gasteiger partial charge < -0.3 is 4.74 Å². The van der Waals surface area contributed by atoms with E-state index in [2.05, 4.69) is 22.7 Å². The highest BCUT2D eigenvalue weighted by molar-refractivity contribution is 5.88. The van der Waals surface area contributed by atoms with Crippen LogP contribution in [0.5, 0.6) is 0 Å². The fourth-order valence-electron chi connectivity index (χ4n) is 1.54. The minimum Gasteiger partial charge on any atom is -0.459 e. The lowest BCUT2D eigenvalue weighted by atomic mass is 9.96. The second-order valence-electron chi connectivity index (χ2n) is 3.40. The molecule has 0 fully saturated rings. The van der Waals surface area contributed by atoms with Gasteiger partial charge in [-0.3, -0.25) is 0 Å². The number of allylic oxidation sites excluding steroid dienone is 2. The molecule has 0 atom stereocenters. The van der Waals surface area contributed by atoms with Crippen LogP contribution in [0.25, 0.3) is 0 Å². The quantitative estimate of drug-likeness (QED) is 0.291. The fraction of sp³-hybridized carbons (Fsp3) is 0.583. The molecule has 0 aliphatic heterocycles. The predicted molar refractivity (Wildman–Crippen MR) is 55.6 cm³/mol. The molecule has 0 aromatic carbocycles. The van der Waals surface area contributed by atoms with Crippen molar-refractivity contribution in [2.75, 3.05) is 7.11 Å². The van der Waals surface area contributed by atoms with Gasteiger partial charge in [0.05, 0.1) is 7.11 Å². The van der Waals surface area contributed by atoms with Crippen molar-refractivity contribution in [2.45, 2.75) is 38.5 Å². The van der Waals surface area contributed by atoms with Gasteiger partial charge in [0.15, 0.2) is 0 Å². The van der Waals surface area contributed by atoms with Crippen LogP contribution in [0.4, 0.5) is 0 Å². The first kappa shape index (κ1) is 10.8. The molecule has 0 amide bonds. The molecule has 0 heterocycles. The number of hydrogen-bond acceptors (Lipinski definition) is 2. The molecule has 2 nitrogen and oxygen atoms in total. The van der Waals surface area contributed by atoms with Crippen LogP contribution in [0.3, 0.4) is 0 Å². The third kappa shape index (κ3) is 4.13. The Morgan fingerprint density at radius 1 is 1.57 bits per heavy atom.